The number of rotatable bonds is 3. The van der Waals surface area contributed by atoms with Gasteiger partial charge in [-0.3, -0.25) is 9.59 Å². The van der Waals surface area contributed by atoms with Crippen molar-refractivity contribution in [2.45, 2.75) is 25.3 Å². The maximum atomic E-state index is 12.9. The van der Waals surface area contributed by atoms with Crippen molar-refractivity contribution in [3.05, 3.63) is 42.2 Å². The van der Waals surface area contributed by atoms with E-state index >= 15 is 0 Å². The molecule has 1 amide bonds. The number of piperidine rings is 2. The zero-order chi connectivity index (χ0) is 19.0. The molecule has 0 unspecified atom stereocenters. The Morgan fingerprint density at radius 1 is 1.22 bits per heavy atom. The molecule has 2 saturated heterocycles. The lowest BCUT2D eigenvalue weighted by Gasteiger charge is -2.51. The van der Waals surface area contributed by atoms with Crippen molar-refractivity contribution in [3.8, 4) is 11.3 Å². The molecule has 0 bridgehead atoms. The standard InChI is InChI=1S/C20H23N3O4/c1-22-10-5-8-20(19(25)26)9-11-23(13-17(20)22)18(24)16-12-15(21-27-16)14-6-3-2-4-7-14/h2-4,6-7,12,17H,5,8-11,13H2,1H3,(H,25,26)/t17-,20+/m1/s1. The zero-order valence-electron chi connectivity index (χ0n) is 15.3. The summed E-state index contributed by atoms with van der Waals surface area (Å²) < 4.78 is 5.30. The average molecular weight is 369 g/mol. The number of amides is 1. The van der Waals surface area contributed by atoms with E-state index in [4.69, 9.17) is 4.52 Å². The highest BCUT2D eigenvalue weighted by molar-refractivity contribution is 5.92. The molecule has 2 atom stereocenters. The Bertz CT molecular complexity index is 850. The highest BCUT2D eigenvalue weighted by atomic mass is 16.5. The predicted molar refractivity (Wildman–Crippen MR) is 98.2 cm³/mol. The van der Waals surface area contributed by atoms with Crippen molar-refractivity contribution in [1.29, 1.82) is 0 Å². The summed E-state index contributed by atoms with van der Waals surface area (Å²) in [7, 11) is 1.94. The summed E-state index contributed by atoms with van der Waals surface area (Å²) in [5.74, 6) is -0.796. The Kier molecular flexibility index (Phi) is 4.47. The van der Waals surface area contributed by atoms with Gasteiger partial charge >= 0.3 is 5.97 Å². The number of benzene rings is 1. The lowest BCUT2D eigenvalue weighted by Crippen LogP contribution is -2.63. The summed E-state index contributed by atoms with van der Waals surface area (Å²) in [6.07, 6.45) is 2.00. The van der Waals surface area contributed by atoms with E-state index in [2.05, 4.69) is 10.1 Å². The number of carbonyl (C=O) groups is 2. The first kappa shape index (κ1) is 17.7. The van der Waals surface area contributed by atoms with E-state index in [1.54, 1.807) is 11.0 Å². The number of carboxylic acid groups (broad SMARTS) is 1. The maximum Gasteiger partial charge on any atom is 0.311 e. The molecule has 1 N–H and O–H groups in total. The van der Waals surface area contributed by atoms with E-state index in [1.807, 2.05) is 37.4 Å². The van der Waals surface area contributed by atoms with E-state index in [-0.39, 0.29) is 17.7 Å². The highest BCUT2D eigenvalue weighted by Gasteiger charge is 2.53. The van der Waals surface area contributed by atoms with Crippen LogP contribution in [-0.2, 0) is 4.79 Å². The number of aliphatic carboxylic acids is 1. The lowest BCUT2D eigenvalue weighted by molar-refractivity contribution is -0.161. The van der Waals surface area contributed by atoms with Crippen LogP contribution in [0.4, 0.5) is 0 Å². The first-order chi connectivity index (χ1) is 13.0. The normalized spacial score (nSPS) is 25.8. The van der Waals surface area contributed by atoms with Crippen LogP contribution in [0, 0.1) is 5.41 Å². The van der Waals surface area contributed by atoms with E-state index in [9.17, 15) is 14.7 Å². The summed E-state index contributed by atoms with van der Waals surface area (Å²) in [5, 5.41) is 13.9. The molecule has 3 heterocycles. The van der Waals surface area contributed by atoms with Crippen LogP contribution in [0.3, 0.4) is 0 Å². The Balaban J connectivity index is 1.54. The fraction of sp³-hybridized carbons (Fsp3) is 0.450. The maximum absolute atomic E-state index is 12.9. The molecule has 7 heteroatoms. The molecule has 7 nitrogen and oxygen atoms in total. The number of likely N-dealkylation sites (N-methyl/N-ethyl adjacent to an activating group) is 1. The second-order valence-electron chi connectivity index (χ2n) is 7.50. The SMILES string of the molecule is CN1CCC[C@]2(C(=O)O)CCN(C(=O)c3cc(-c4ccccc4)no3)C[C@@H]12. The van der Waals surface area contributed by atoms with Crippen LogP contribution >= 0.6 is 0 Å². The molecule has 2 aliphatic rings. The van der Waals surface area contributed by atoms with E-state index < -0.39 is 11.4 Å². The Morgan fingerprint density at radius 3 is 2.74 bits per heavy atom. The molecule has 1 aromatic carbocycles. The first-order valence-corrected chi connectivity index (χ1v) is 9.26. The molecule has 2 aliphatic heterocycles. The second-order valence-corrected chi connectivity index (χ2v) is 7.50. The second kappa shape index (κ2) is 6.81. The monoisotopic (exact) mass is 369 g/mol. The Labute approximate surface area is 157 Å². The van der Waals surface area contributed by atoms with Crippen LogP contribution in [0.15, 0.2) is 40.9 Å². The number of aromatic nitrogens is 1. The largest absolute Gasteiger partial charge is 0.481 e. The molecule has 27 heavy (non-hydrogen) atoms. The van der Waals surface area contributed by atoms with Crippen molar-refractivity contribution in [2.24, 2.45) is 5.41 Å². The minimum atomic E-state index is -0.763. The van der Waals surface area contributed by atoms with Gasteiger partial charge in [-0.15, -0.1) is 0 Å². The number of carboxylic acids is 1. The van der Waals surface area contributed by atoms with E-state index in [1.165, 1.54) is 0 Å². The van der Waals surface area contributed by atoms with Crippen LogP contribution < -0.4 is 0 Å². The van der Waals surface area contributed by atoms with Gasteiger partial charge in [0.05, 0.1) is 5.41 Å². The molecule has 142 valence electrons. The van der Waals surface area contributed by atoms with Gasteiger partial charge < -0.3 is 19.4 Å². The lowest BCUT2D eigenvalue weighted by atomic mass is 9.68. The number of fused-ring (bicyclic) bond motifs is 1. The topological polar surface area (TPSA) is 86.9 Å². The van der Waals surface area contributed by atoms with Gasteiger partial charge in [0.25, 0.3) is 5.91 Å². The zero-order valence-corrected chi connectivity index (χ0v) is 15.3. The summed E-state index contributed by atoms with van der Waals surface area (Å²) in [6, 6.07) is 11.0. The molecule has 2 aromatic rings. The number of nitrogens with zero attached hydrogens (tertiary/aromatic N) is 3. The number of carbonyl (C=O) groups excluding carboxylic acids is 1. The molecule has 0 spiro atoms. The molecular formula is C20H23N3O4. The van der Waals surface area contributed by atoms with E-state index in [0.717, 1.165) is 18.5 Å². The Morgan fingerprint density at radius 2 is 2.00 bits per heavy atom. The minimum Gasteiger partial charge on any atom is -0.481 e. The first-order valence-electron chi connectivity index (χ1n) is 9.26. The Hall–Kier alpha value is -2.67. The van der Waals surface area contributed by atoms with Crippen LogP contribution in [0.25, 0.3) is 11.3 Å². The fourth-order valence-electron chi connectivity index (χ4n) is 4.45. The molecule has 0 aliphatic carbocycles. The van der Waals surface area contributed by atoms with Crippen LogP contribution in [-0.4, -0.2) is 64.7 Å². The quantitative estimate of drug-likeness (QED) is 0.894. The van der Waals surface area contributed by atoms with Crippen molar-refractivity contribution in [2.75, 3.05) is 26.7 Å². The van der Waals surface area contributed by atoms with Gasteiger partial charge in [0.15, 0.2) is 0 Å². The van der Waals surface area contributed by atoms with Crippen LogP contribution in [0.2, 0.25) is 0 Å². The minimum absolute atomic E-state index is 0.182. The molecule has 0 radical (unpaired) electrons. The summed E-state index contributed by atoms with van der Waals surface area (Å²) in [5.41, 5.74) is 0.738. The predicted octanol–water partition coefficient (Wildman–Crippen LogP) is 2.35. The van der Waals surface area contributed by atoms with Crippen molar-refractivity contribution >= 4 is 11.9 Å². The molecule has 2 fully saturated rings. The third-order valence-electron chi connectivity index (χ3n) is 6.03. The molecule has 4 rings (SSSR count). The van der Waals surface area contributed by atoms with Gasteiger partial charge in [0, 0.05) is 30.8 Å². The van der Waals surface area contributed by atoms with Crippen molar-refractivity contribution < 1.29 is 19.2 Å². The van der Waals surface area contributed by atoms with Gasteiger partial charge in [-0.25, -0.2) is 0 Å². The number of hydrogen-bond donors (Lipinski definition) is 1. The van der Waals surface area contributed by atoms with Gasteiger partial charge in [0.2, 0.25) is 5.76 Å². The van der Waals surface area contributed by atoms with Crippen LogP contribution in [0.1, 0.15) is 29.8 Å². The van der Waals surface area contributed by atoms with Crippen molar-refractivity contribution in [1.82, 2.24) is 15.0 Å². The molecule has 0 saturated carbocycles. The fourth-order valence-corrected chi connectivity index (χ4v) is 4.45. The van der Waals surface area contributed by atoms with Gasteiger partial charge in [0.1, 0.15) is 5.69 Å². The van der Waals surface area contributed by atoms with Gasteiger partial charge in [-0.05, 0) is 32.9 Å². The summed E-state index contributed by atoms with van der Waals surface area (Å²) in [6.45, 7) is 1.65. The highest BCUT2D eigenvalue weighted by Crippen LogP contribution is 2.42. The summed E-state index contributed by atoms with van der Waals surface area (Å²) >= 11 is 0. The van der Waals surface area contributed by atoms with Crippen LogP contribution in [0.5, 0.6) is 0 Å². The van der Waals surface area contributed by atoms with E-state index in [0.29, 0.717) is 31.6 Å². The molecular weight excluding hydrogens is 346 g/mol. The third kappa shape index (κ3) is 3.02. The van der Waals surface area contributed by atoms with Gasteiger partial charge in [-0.2, -0.15) is 0 Å². The summed E-state index contributed by atoms with van der Waals surface area (Å²) in [4.78, 5) is 28.7. The molecule has 1 aromatic heterocycles. The number of hydrogen-bond acceptors (Lipinski definition) is 5. The smallest absolute Gasteiger partial charge is 0.311 e. The number of likely N-dealkylation sites (tertiary alicyclic amines) is 2. The average Bonchev–Trinajstić information content (AvgIpc) is 3.18. The third-order valence-corrected chi connectivity index (χ3v) is 6.03. The van der Waals surface area contributed by atoms with Gasteiger partial charge in [-0.1, -0.05) is 35.5 Å². The van der Waals surface area contributed by atoms with Crippen molar-refractivity contribution in [3.63, 3.8) is 0 Å².